The monoisotopic (exact) mass is 254 g/mol. The van der Waals surface area contributed by atoms with Crippen molar-refractivity contribution in [2.75, 3.05) is 5.32 Å². The summed E-state index contributed by atoms with van der Waals surface area (Å²) in [6.45, 7) is 0. The Morgan fingerprint density at radius 1 is 1.50 bits per heavy atom. The zero-order valence-corrected chi connectivity index (χ0v) is 9.68. The lowest BCUT2D eigenvalue weighted by atomic mass is 10.4. The van der Waals surface area contributed by atoms with Crippen molar-refractivity contribution in [3.8, 4) is 0 Å². The number of nitrogens with zero attached hydrogens (tertiary/aromatic N) is 3. The average Bonchev–Trinajstić information content (AvgIpc) is 3.01. The molecule has 3 rings (SSSR count). The largest absolute Gasteiger partial charge is 0.302 e. The van der Waals surface area contributed by atoms with Gasteiger partial charge in [0.1, 0.15) is 16.7 Å². The first-order valence-electron chi connectivity index (χ1n) is 4.82. The van der Waals surface area contributed by atoms with Crippen LogP contribution in [0.5, 0.6) is 0 Å². The first-order valence-corrected chi connectivity index (χ1v) is 6.01. The van der Waals surface area contributed by atoms with Gasteiger partial charge >= 0.3 is 0 Å². The van der Waals surface area contributed by atoms with Gasteiger partial charge in [0.2, 0.25) is 5.91 Å². The number of nitrogens with one attached hydrogen (secondary N) is 1. The third-order valence-electron chi connectivity index (χ3n) is 2.33. The molecule has 0 aromatic carbocycles. The van der Waals surface area contributed by atoms with Crippen molar-refractivity contribution < 1.29 is 4.79 Å². The Kier molecular flexibility index (Phi) is 2.26. The van der Waals surface area contributed by atoms with Crippen LogP contribution in [0.15, 0.2) is 6.33 Å². The van der Waals surface area contributed by atoms with Crippen LogP contribution in [-0.4, -0.2) is 20.9 Å². The highest BCUT2D eigenvalue weighted by Gasteiger charge is 2.30. The van der Waals surface area contributed by atoms with E-state index in [1.54, 1.807) is 0 Å². The van der Waals surface area contributed by atoms with Crippen molar-refractivity contribution in [3.63, 3.8) is 0 Å². The van der Waals surface area contributed by atoms with Gasteiger partial charge in [-0.15, -0.1) is 0 Å². The van der Waals surface area contributed by atoms with Crippen LogP contribution >= 0.6 is 22.9 Å². The minimum atomic E-state index is 0.0307. The summed E-state index contributed by atoms with van der Waals surface area (Å²) in [5.74, 6) is 0.191. The molecule has 0 unspecified atom stereocenters. The SMILES string of the molecule is O=C(Nc1nc2c(Cl)ncnc2s1)C1CC1. The molecule has 2 heterocycles. The molecule has 2 aromatic rings. The molecule has 0 aliphatic heterocycles. The van der Waals surface area contributed by atoms with E-state index in [1.807, 2.05) is 0 Å². The maximum Gasteiger partial charge on any atom is 0.229 e. The summed E-state index contributed by atoms with van der Waals surface area (Å²) < 4.78 is 0. The van der Waals surface area contributed by atoms with E-state index in [4.69, 9.17) is 11.6 Å². The minimum absolute atomic E-state index is 0.0307. The molecule has 0 radical (unpaired) electrons. The Morgan fingerprint density at radius 3 is 3.00 bits per heavy atom. The summed E-state index contributed by atoms with van der Waals surface area (Å²) in [5.41, 5.74) is 0.542. The standard InChI is InChI=1S/C9H7ClN4OS/c10-6-5-8(12-3-11-6)16-9(13-5)14-7(15)4-1-2-4/h3-4H,1-2H2,(H,13,14,15). The maximum atomic E-state index is 11.5. The molecule has 0 saturated heterocycles. The molecule has 1 aliphatic rings. The molecule has 1 saturated carbocycles. The summed E-state index contributed by atoms with van der Waals surface area (Å²) in [7, 11) is 0. The smallest absolute Gasteiger partial charge is 0.229 e. The minimum Gasteiger partial charge on any atom is -0.302 e. The Bertz CT molecular complexity index is 566. The summed E-state index contributed by atoms with van der Waals surface area (Å²) in [6.07, 6.45) is 3.32. The van der Waals surface area contributed by atoms with E-state index in [1.165, 1.54) is 17.7 Å². The fourth-order valence-corrected chi connectivity index (χ4v) is 2.38. The van der Waals surface area contributed by atoms with Gasteiger partial charge < -0.3 is 5.32 Å². The van der Waals surface area contributed by atoms with Gasteiger partial charge in [-0.2, -0.15) is 0 Å². The molecule has 1 amide bonds. The zero-order valence-electron chi connectivity index (χ0n) is 8.11. The third kappa shape index (κ3) is 1.74. The van der Waals surface area contributed by atoms with Crippen molar-refractivity contribution in [2.24, 2.45) is 5.92 Å². The lowest BCUT2D eigenvalue weighted by Crippen LogP contribution is -2.12. The fourth-order valence-electron chi connectivity index (χ4n) is 1.33. The van der Waals surface area contributed by atoms with Crippen LogP contribution in [0.25, 0.3) is 10.3 Å². The Morgan fingerprint density at radius 2 is 2.31 bits per heavy atom. The van der Waals surface area contributed by atoms with E-state index in [2.05, 4.69) is 20.3 Å². The van der Waals surface area contributed by atoms with E-state index >= 15 is 0 Å². The molecular weight excluding hydrogens is 248 g/mol. The normalized spacial score (nSPS) is 15.3. The quantitative estimate of drug-likeness (QED) is 0.834. The number of anilines is 1. The van der Waals surface area contributed by atoms with Crippen LogP contribution in [0, 0.1) is 5.92 Å². The first-order chi connectivity index (χ1) is 7.74. The fraction of sp³-hybridized carbons (Fsp3) is 0.333. The number of hydrogen-bond donors (Lipinski definition) is 1. The molecule has 0 spiro atoms. The number of carbonyl (C=O) groups is 1. The highest BCUT2D eigenvalue weighted by molar-refractivity contribution is 7.22. The van der Waals surface area contributed by atoms with Crippen molar-refractivity contribution in [2.45, 2.75) is 12.8 Å². The molecule has 1 fully saturated rings. The van der Waals surface area contributed by atoms with E-state index in [9.17, 15) is 4.79 Å². The Labute approximate surface area is 99.9 Å². The Hall–Kier alpha value is -1.27. The van der Waals surface area contributed by atoms with Gasteiger partial charge in [0.05, 0.1) is 0 Å². The van der Waals surface area contributed by atoms with Crippen LogP contribution in [0.2, 0.25) is 5.15 Å². The second-order valence-electron chi connectivity index (χ2n) is 3.60. The summed E-state index contributed by atoms with van der Waals surface area (Å²) in [6, 6.07) is 0. The maximum absolute atomic E-state index is 11.5. The molecule has 2 aromatic heterocycles. The summed E-state index contributed by atoms with van der Waals surface area (Å²) in [5, 5.41) is 3.61. The number of aromatic nitrogens is 3. The summed E-state index contributed by atoms with van der Waals surface area (Å²) in [4.78, 5) is 24.3. The summed E-state index contributed by atoms with van der Waals surface area (Å²) >= 11 is 7.17. The van der Waals surface area contributed by atoms with Gasteiger partial charge in [0.15, 0.2) is 10.3 Å². The molecule has 1 aliphatic carbocycles. The van der Waals surface area contributed by atoms with E-state index < -0.39 is 0 Å². The van der Waals surface area contributed by atoms with E-state index in [0.717, 1.165) is 12.8 Å². The first kappa shape index (κ1) is 9.92. The molecule has 1 N–H and O–H groups in total. The number of amides is 1. The van der Waals surface area contributed by atoms with Crippen molar-refractivity contribution in [3.05, 3.63) is 11.5 Å². The highest BCUT2D eigenvalue weighted by Crippen LogP contribution is 2.32. The van der Waals surface area contributed by atoms with Crippen LogP contribution in [0.1, 0.15) is 12.8 Å². The molecule has 0 atom stereocenters. The molecule has 5 nitrogen and oxygen atoms in total. The number of fused-ring (bicyclic) bond motifs is 1. The van der Waals surface area contributed by atoms with E-state index in [0.29, 0.717) is 20.6 Å². The van der Waals surface area contributed by atoms with Gasteiger partial charge in [0, 0.05) is 5.92 Å². The molecular formula is C9H7ClN4OS. The van der Waals surface area contributed by atoms with E-state index in [-0.39, 0.29) is 11.8 Å². The van der Waals surface area contributed by atoms with Crippen molar-refractivity contribution in [1.82, 2.24) is 15.0 Å². The van der Waals surface area contributed by atoms with Crippen LogP contribution in [0.4, 0.5) is 5.13 Å². The van der Waals surface area contributed by atoms with Crippen LogP contribution in [0.3, 0.4) is 0 Å². The van der Waals surface area contributed by atoms with Gasteiger partial charge in [-0.3, -0.25) is 4.79 Å². The van der Waals surface area contributed by atoms with Gasteiger partial charge in [-0.1, -0.05) is 22.9 Å². The van der Waals surface area contributed by atoms with Crippen LogP contribution in [-0.2, 0) is 4.79 Å². The average molecular weight is 255 g/mol. The predicted molar refractivity (Wildman–Crippen MR) is 61.6 cm³/mol. The molecule has 7 heteroatoms. The number of rotatable bonds is 2. The highest BCUT2D eigenvalue weighted by atomic mass is 35.5. The van der Waals surface area contributed by atoms with Gasteiger partial charge in [-0.25, -0.2) is 15.0 Å². The van der Waals surface area contributed by atoms with Gasteiger partial charge in [-0.05, 0) is 12.8 Å². The molecule has 0 bridgehead atoms. The predicted octanol–water partition coefficient (Wildman–Crippen LogP) is 2.09. The lowest BCUT2D eigenvalue weighted by molar-refractivity contribution is -0.117. The lowest BCUT2D eigenvalue weighted by Gasteiger charge is -1.96. The second-order valence-corrected chi connectivity index (χ2v) is 4.94. The zero-order chi connectivity index (χ0) is 11.1. The van der Waals surface area contributed by atoms with Crippen LogP contribution < -0.4 is 5.32 Å². The van der Waals surface area contributed by atoms with Gasteiger partial charge in [0.25, 0.3) is 0 Å². The number of halogens is 1. The number of hydrogen-bond acceptors (Lipinski definition) is 5. The number of thiazole rings is 1. The second kappa shape index (κ2) is 3.64. The van der Waals surface area contributed by atoms with Crippen molar-refractivity contribution >= 4 is 44.3 Å². The molecule has 16 heavy (non-hydrogen) atoms. The Balaban J connectivity index is 1.92. The topological polar surface area (TPSA) is 67.8 Å². The number of carbonyl (C=O) groups excluding carboxylic acids is 1. The third-order valence-corrected chi connectivity index (χ3v) is 3.48. The van der Waals surface area contributed by atoms with Crippen molar-refractivity contribution in [1.29, 1.82) is 0 Å². The molecule has 82 valence electrons.